The molecule has 0 fully saturated rings. The minimum Gasteiger partial charge on any atom is -0.309 e. The van der Waals surface area contributed by atoms with E-state index in [1.807, 2.05) is 18.5 Å². The second kappa shape index (κ2) is 7.45. The van der Waals surface area contributed by atoms with Crippen molar-refractivity contribution in [1.29, 1.82) is 0 Å². The van der Waals surface area contributed by atoms with E-state index >= 15 is 0 Å². The molecule has 1 aliphatic heterocycles. The quantitative estimate of drug-likeness (QED) is 0.263. The summed E-state index contributed by atoms with van der Waals surface area (Å²) in [7, 11) is 0. The normalized spacial score (nSPS) is 12.8. The van der Waals surface area contributed by atoms with Crippen molar-refractivity contribution in [2.24, 2.45) is 0 Å². The SMILES string of the molecule is C1=[N+]=CC(c2ccc(-c3ccc4c(ccc5c6ccccc6n(-c6ccccc6)c45)c3)cc2)=C1. The summed E-state index contributed by atoms with van der Waals surface area (Å²) in [5.74, 6) is 0. The van der Waals surface area contributed by atoms with E-state index < -0.39 is 0 Å². The summed E-state index contributed by atoms with van der Waals surface area (Å²) in [6, 6.07) is 39.4. The summed E-state index contributed by atoms with van der Waals surface area (Å²) in [6.45, 7) is 0. The topological polar surface area (TPSA) is 19.0 Å². The number of nitrogens with zero attached hydrogens (tertiary/aromatic N) is 2. The zero-order valence-electron chi connectivity index (χ0n) is 18.5. The average Bonchev–Trinajstić information content (AvgIpc) is 3.56. The largest absolute Gasteiger partial charge is 0.309 e. The van der Waals surface area contributed by atoms with Crippen molar-refractivity contribution in [2.45, 2.75) is 0 Å². The summed E-state index contributed by atoms with van der Waals surface area (Å²) >= 11 is 0. The fourth-order valence-corrected chi connectivity index (χ4v) is 5.13. The smallest absolute Gasteiger partial charge is 0.300 e. The van der Waals surface area contributed by atoms with Crippen molar-refractivity contribution < 1.29 is 0 Å². The molecule has 2 nitrogen and oxygen atoms in total. The van der Waals surface area contributed by atoms with Crippen LogP contribution in [0.15, 0.2) is 115 Å². The van der Waals surface area contributed by atoms with E-state index in [0.29, 0.717) is 0 Å². The van der Waals surface area contributed by atoms with E-state index in [2.05, 4.69) is 118 Å². The van der Waals surface area contributed by atoms with E-state index in [0.717, 1.165) is 5.57 Å². The van der Waals surface area contributed by atoms with Crippen molar-refractivity contribution in [3.63, 3.8) is 0 Å². The Kier molecular flexibility index (Phi) is 4.14. The lowest BCUT2D eigenvalue weighted by atomic mass is 9.97. The number of allylic oxidation sites excluding steroid dienone is 2. The molecule has 0 atom stereocenters. The van der Waals surface area contributed by atoms with Crippen molar-refractivity contribution >= 4 is 50.6 Å². The average molecular weight is 434 g/mol. The molecule has 7 rings (SSSR count). The van der Waals surface area contributed by atoms with Gasteiger partial charge in [0.2, 0.25) is 0 Å². The first-order chi connectivity index (χ1) is 16.9. The molecule has 2 heterocycles. The molecule has 0 amide bonds. The highest BCUT2D eigenvalue weighted by molar-refractivity contribution is 6.19. The molecule has 0 saturated heterocycles. The van der Waals surface area contributed by atoms with Crippen molar-refractivity contribution in [1.82, 2.24) is 9.24 Å². The van der Waals surface area contributed by atoms with Gasteiger partial charge in [-0.1, -0.05) is 84.9 Å². The fourth-order valence-electron chi connectivity index (χ4n) is 5.13. The minimum absolute atomic E-state index is 1.15. The predicted molar refractivity (Wildman–Crippen MR) is 146 cm³/mol. The highest BCUT2D eigenvalue weighted by Crippen LogP contribution is 2.37. The van der Waals surface area contributed by atoms with Crippen molar-refractivity contribution in [3.05, 3.63) is 121 Å². The van der Waals surface area contributed by atoms with Crippen LogP contribution < -0.4 is 4.67 Å². The molecule has 0 unspecified atom stereocenters. The number of aromatic nitrogens is 1. The second-order valence-corrected chi connectivity index (χ2v) is 8.71. The monoisotopic (exact) mass is 433 g/mol. The Balaban J connectivity index is 1.43. The summed E-state index contributed by atoms with van der Waals surface area (Å²) in [5, 5.41) is 5.08. The van der Waals surface area contributed by atoms with Gasteiger partial charge in [-0.15, -0.1) is 4.67 Å². The molecule has 34 heavy (non-hydrogen) atoms. The van der Waals surface area contributed by atoms with Crippen LogP contribution >= 0.6 is 0 Å². The first-order valence-corrected chi connectivity index (χ1v) is 11.6. The standard InChI is InChI=1S/C32H21N2/c1-2-6-27(7-3-1)34-31-9-5-4-8-29(31)30-17-15-25-20-24(14-16-28(25)32(30)34)22-10-12-23(13-11-22)26-18-19-33-21-26/h1-21H/q+1. The van der Waals surface area contributed by atoms with Gasteiger partial charge < -0.3 is 4.57 Å². The van der Waals surface area contributed by atoms with Crippen LogP contribution in [-0.2, 0) is 0 Å². The molecule has 0 N–H and O–H groups in total. The first-order valence-electron chi connectivity index (χ1n) is 11.6. The molecule has 5 aromatic carbocycles. The van der Waals surface area contributed by atoms with E-state index in [1.54, 1.807) is 0 Å². The molecule has 1 aliphatic rings. The molecule has 6 aromatic rings. The third-order valence-electron chi connectivity index (χ3n) is 6.77. The second-order valence-electron chi connectivity index (χ2n) is 8.71. The summed E-state index contributed by atoms with van der Waals surface area (Å²) in [6.07, 6.45) is 5.78. The minimum atomic E-state index is 1.15. The number of hydrogen-bond acceptors (Lipinski definition) is 0. The highest BCUT2D eigenvalue weighted by atomic mass is 15.0. The zero-order valence-corrected chi connectivity index (χ0v) is 18.5. The molecular weight excluding hydrogens is 412 g/mol. The Morgan fingerprint density at radius 3 is 2.12 bits per heavy atom. The van der Waals surface area contributed by atoms with Crippen LogP contribution in [0.3, 0.4) is 0 Å². The lowest BCUT2D eigenvalue weighted by molar-refractivity contribution is 1.19. The van der Waals surface area contributed by atoms with Crippen molar-refractivity contribution in [2.75, 3.05) is 0 Å². The van der Waals surface area contributed by atoms with Gasteiger partial charge >= 0.3 is 0 Å². The number of hydrogen-bond donors (Lipinski definition) is 0. The maximum Gasteiger partial charge on any atom is 0.300 e. The van der Waals surface area contributed by atoms with Crippen LogP contribution in [0.4, 0.5) is 0 Å². The molecule has 0 aliphatic carbocycles. The van der Waals surface area contributed by atoms with E-state index in [4.69, 9.17) is 0 Å². The van der Waals surface area contributed by atoms with Crippen molar-refractivity contribution in [3.8, 4) is 16.8 Å². The molecule has 2 heteroatoms. The van der Waals surface area contributed by atoms with Crippen LogP contribution in [-0.4, -0.2) is 17.0 Å². The summed E-state index contributed by atoms with van der Waals surface area (Å²) < 4.78 is 6.58. The van der Waals surface area contributed by atoms with Gasteiger partial charge in [0.25, 0.3) is 12.4 Å². The first kappa shape index (κ1) is 18.9. The van der Waals surface area contributed by atoms with E-state index in [9.17, 15) is 0 Å². The Hall–Kier alpha value is -4.65. The van der Waals surface area contributed by atoms with E-state index in [-0.39, 0.29) is 0 Å². The van der Waals surface area contributed by atoms with Crippen LogP contribution in [0, 0.1) is 0 Å². The van der Waals surface area contributed by atoms with Gasteiger partial charge in [-0.25, -0.2) is 0 Å². The Morgan fingerprint density at radius 1 is 0.559 bits per heavy atom. The molecular formula is C32H21N2+. The maximum atomic E-state index is 4.18. The van der Waals surface area contributed by atoms with Crippen LogP contribution in [0.2, 0.25) is 0 Å². The number of benzene rings is 5. The molecule has 0 bridgehead atoms. The number of rotatable bonds is 3. The van der Waals surface area contributed by atoms with Gasteiger partial charge in [0, 0.05) is 27.9 Å². The van der Waals surface area contributed by atoms with Gasteiger partial charge in [-0.3, -0.25) is 0 Å². The Morgan fingerprint density at radius 2 is 1.29 bits per heavy atom. The van der Waals surface area contributed by atoms with Gasteiger partial charge in [0.1, 0.15) is 0 Å². The third kappa shape index (κ3) is 2.87. The summed E-state index contributed by atoms with van der Waals surface area (Å²) in [5.41, 5.74) is 8.46. The van der Waals surface area contributed by atoms with Crippen LogP contribution in [0.1, 0.15) is 5.56 Å². The highest BCUT2D eigenvalue weighted by Gasteiger charge is 2.15. The number of fused-ring (bicyclic) bond motifs is 5. The third-order valence-corrected chi connectivity index (χ3v) is 6.77. The van der Waals surface area contributed by atoms with Gasteiger partial charge in [0.05, 0.1) is 16.6 Å². The lowest BCUT2D eigenvalue weighted by Crippen LogP contribution is -1.94. The molecule has 1 aromatic heterocycles. The van der Waals surface area contributed by atoms with Gasteiger partial charge in [-0.2, -0.15) is 0 Å². The summed E-state index contributed by atoms with van der Waals surface area (Å²) in [4.78, 5) is 0. The van der Waals surface area contributed by atoms with Crippen LogP contribution in [0.25, 0.3) is 55.0 Å². The van der Waals surface area contributed by atoms with E-state index in [1.165, 1.54) is 55.0 Å². The Labute approximate surface area is 197 Å². The van der Waals surface area contributed by atoms with Crippen LogP contribution in [0.5, 0.6) is 0 Å². The van der Waals surface area contributed by atoms with Gasteiger partial charge in [-0.05, 0) is 46.3 Å². The zero-order chi connectivity index (χ0) is 22.5. The van der Waals surface area contributed by atoms with Gasteiger partial charge in [0.15, 0.2) is 0 Å². The fraction of sp³-hybridized carbons (Fsp3) is 0. The number of para-hydroxylation sites is 2. The molecule has 0 spiro atoms. The Bertz CT molecular complexity index is 1810. The maximum absolute atomic E-state index is 4.18. The molecule has 0 saturated carbocycles. The lowest BCUT2D eigenvalue weighted by Gasteiger charge is -2.11. The molecule has 0 radical (unpaired) electrons. The molecule has 158 valence electrons. The predicted octanol–water partition coefficient (Wildman–Crippen LogP) is 7.21.